The van der Waals surface area contributed by atoms with Crippen LogP contribution in [0.25, 0.3) is 0 Å². The summed E-state index contributed by atoms with van der Waals surface area (Å²) in [5, 5.41) is 3.18. The molecule has 1 aliphatic carbocycles. The molecule has 120 valence electrons. The standard InChI is InChI=1S/C18H18BrNO3/c1-10-15(18(22)23-2)16(11-5-3-6-12(19)9-11)17-13(20-10)7-4-8-14(17)21/h3,5-6,9,15-16,20H,1,4,7-8H2,2H3. The molecule has 2 aliphatic rings. The summed E-state index contributed by atoms with van der Waals surface area (Å²) < 4.78 is 5.88. The molecule has 2 atom stereocenters. The summed E-state index contributed by atoms with van der Waals surface area (Å²) >= 11 is 3.47. The van der Waals surface area contributed by atoms with E-state index in [9.17, 15) is 9.59 Å². The van der Waals surface area contributed by atoms with Gasteiger partial charge in [-0.05, 0) is 30.5 Å². The van der Waals surface area contributed by atoms with Gasteiger partial charge in [-0.25, -0.2) is 0 Å². The molecule has 0 saturated heterocycles. The fraction of sp³-hybridized carbons (Fsp3) is 0.333. The van der Waals surface area contributed by atoms with Crippen LogP contribution >= 0.6 is 15.9 Å². The molecule has 0 radical (unpaired) electrons. The molecule has 5 heteroatoms. The van der Waals surface area contributed by atoms with Gasteiger partial charge in [0.2, 0.25) is 0 Å². The molecule has 23 heavy (non-hydrogen) atoms. The van der Waals surface area contributed by atoms with Gasteiger partial charge in [-0.1, -0.05) is 34.6 Å². The molecular formula is C18H18BrNO3. The molecule has 1 aliphatic heterocycles. The van der Waals surface area contributed by atoms with E-state index in [0.29, 0.717) is 17.7 Å². The van der Waals surface area contributed by atoms with E-state index in [2.05, 4.69) is 27.8 Å². The Hall–Kier alpha value is -1.88. The van der Waals surface area contributed by atoms with Crippen LogP contribution in [0.15, 0.2) is 52.3 Å². The monoisotopic (exact) mass is 375 g/mol. The van der Waals surface area contributed by atoms with Crippen molar-refractivity contribution in [2.45, 2.75) is 25.2 Å². The van der Waals surface area contributed by atoms with Crippen molar-refractivity contribution in [2.75, 3.05) is 7.11 Å². The number of benzene rings is 1. The van der Waals surface area contributed by atoms with Gasteiger partial charge in [0, 0.05) is 33.8 Å². The number of ether oxygens (including phenoxy) is 1. The second-order valence-corrected chi connectivity index (χ2v) is 6.77. The van der Waals surface area contributed by atoms with Crippen LogP contribution in [-0.2, 0) is 14.3 Å². The maximum Gasteiger partial charge on any atom is 0.315 e. The Bertz CT molecular complexity index is 723. The lowest BCUT2D eigenvalue weighted by molar-refractivity contribution is -0.144. The number of methoxy groups -OCH3 is 1. The molecule has 1 aromatic carbocycles. The summed E-state index contributed by atoms with van der Waals surface area (Å²) in [7, 11) is 1.36. The van der Waals surface area contributed by atoms with Crippen LogP contribution in [0.1, 0.15) is 30.7 Å². The minimum atomic E-state index is -0.602. The Morgan fingerprint density at radius 1 is 1.39 bits per heavy atom. The number of nitrogens with one attached hydrogen (secondary N) is 1. The number of hydrogen-bond acceptors (Lipinski definition) is 4. The normalized spacial score (nSPS) is 24.1. The third-order valence-electron chi connectivity index (χ3n) is 4.45. The first-order chi connectivity index (χ1) is 11.0. The molecule has 4 nitrogen and oxygen atoms in total. The summed E-state index contributed by atoms with van der Waals surface area (Å²) in [6, 6.07) is 7.72. The highest BCUT2D eigenvalue weighted by Gasteiger charge is 2.43. The highest BCUT2D eigenvalue weighted by Crippen LogP contribution is 2.44. The number of rotatable bonds is 2. The maximum absolute atomic E-state index is 12.6. The van der Waals surface area contributed by atoms with Crippen LogP contribution in [0.2, 0.25) is 0 Å². The van der Waals surface area contributed by atoms with Crippen molar-refractivity contribution in [3.05, 3.63) is 57.8 Å². The lowest BCUT2D eigenvalue weighted by Gasteiger charge is -2.38. The van der Waals surface area contributed by atoms with E-state index < -0.39 is 5.92 Å². The molecular weight excluding hydrogens is 358 g/mol. The second-order valence-electron chi connectivity index (χ2n) is 5.85. The number of halogens is 1. The topological polar surface area (TPSA) is 55.4 Å². The third-order valence-corrected chi connectivity index (χ3v) is 4.94. The van der Waals surface area contributed by atoms with Crippen LogP contribution in [0, 0.1) is 5.92 Å². The molecule has 0 aromatic heterocycles. The van der Waals surface area contributed by atoms with Crippen LogP contribution < -0.4 is 5.32 Å². The van der Waals surface area contributed by atoms with Crippen LogP contribution in [0.4, 0.5) is 0 Å². The smallest absolute Gasteiger partial charge is 0.315 e. The van der Waals surface area contributed by atoms with Crippen LogP contribution in [0.3, 0.4) is 0 Å². The Morgan fingerprint density at radius 2 is 2.17 bits per heavy atom. The van der Waals surface area contributed by atoms with Crippen molar-refractivity contribution in [1.29, 1.82) is 0 Å². The first-order valence-electron chi connectivity index (χ1n) is 7.58. The minimum Gasteiger partial charge on any atom is -0.468 e. The van der Waals surface area contributed by atoms with Gasteiger partial charge in [-0.15, -0.1) is 0 Å². The van der Waals surface area contributed by atoms with Crippen molar-refractivity contribution in [2.24, 2.45) is 5.92 Å². The highest BCUT2D eigenvalue weighted by molar-refractivity contribution is 9.10. The molecule has 0 spiro atoms. The summed E-state index contributed by atoms with van der Waals surface area (Å²) in [4.78, 5) is 24.9. The van der Waals surface area contributed by atoms with Gasteiger partial charge in [0.1, 0.15) is 5.92 Å². The van der Waals surface area contributed by atoms with E-state index in [1.807, 2.05) is 24.3 Å². The molecule has 0 saturated carbocycles. The van der Waals surface area contributed by atoms with Gasteiger partial charge < -0.3 is 10.1 Å². The Balaban J connectivity index is 2.18. The number of Topliss-reactive ketones (excluding diaryl/α,β-unsaturated/α-hetero) is 1. The first-order valence-corrected chi connectivity index (χ1v) is 8.37. The van der Waals surface area contributed by atoms with Gasteiger partial charge in [0.15, 0.2) is 5.78 Å². The molecule has 1 heterocycles. The summed E-state index contributed by atoms with van der Waals surface area (Å²) in [6.07, 6.45) is 2.15. The number of esters is 1. The van der Waals surface area contributed by atoms with Gasteiger partial charge in [0.25, 0.3) is 0 Å². The van der Waals surface area contributed by atoms with Crippen molar-refractivity contribution < 1.29 is 14.3 Å². The first kappa shape index (κ1) is 16.0. The predicted octanol–water partition coefficient (Wildman–Crippen LogP) is 3.45. The summed E-state index contributed by atoms with van der Waals surface area (Å²) in [5.41, 5.74) is 3.11. The van der Waals surface area contributed by atoms with Crippen molar-refractivity contribution in [3.8, 4) is 0 Å². The van der Waals surface area contributed by atoms with E-state index >= 15 is 0 Å². The molecule has 2 unspecified atom stereocenters. The molecule has 0 fully saturated rings. The van der Waals surface area contributed by atoms with Gasteiger partial charge in [0.05, 0.1) is 7.11 Å². The number of carbonyl (C=O) groups excluding carboxylic acids is 2. The molecule has 0 bridgehead atoms. The average molecular weight is 376 g/mol. The fourth-order valence-electron chi connectivity index (χ4n) is 3.46. The van der Waals surface area contributed by atoms with Crippen molar-refractivity contribution in [1.82, 2.24) is 5.32 Å². The quantitative estimate of drug-likeness (QED) is 0.804. The molecule has 3 rings (SSSR count). The number of ketones is 1. The Kier molecular flexibility index (Phi) is 4.39. The van der Waals surface area contributed by atoms with E-state index in [0.717, 1.165) is 28.6 Å². The number of allylic oxidation sites excluding steroid dienone is 2. The largest absolute Gasteiger partial charge is 0.468 e. The SMILES string of the molecule is C=C1NC2=C(C(=O)CCC2)C(c2cccc(Br)c2)C1C(=O)OC. The lowest BCUT2D eigenvalue weighted by atomic mass is 9.71. The minimum absolute atomic E-state index is 0.102. The summed E-state index contributed by atoms with van der Waals surface area (Å²) in [6.45, 7) is 4.01. The van der Waals surface area contributed by atoms with Crippen LogP contribution in [0.5, 0.6) is 0 Å². The number of hydrogen-bond donors (Lipinski definition) is 1. The zero-order valence-corrected chi connectivity index (χ0v) is 14.5. The van der Waals surface area contributed by atoms with Gasteiger partial charge in [-0.3, -0.25) is 9.59 Å². The predicted molar refractivity (Wildman–Crippen MR) is 90.5 cm³/mol. The van der Waals surface area contributed by atoms with E-state index in [1.165, 1.54) is 7.11 Å². The second kappa shape index (κ2) is 6.32. The molecule has 0 amide bonds. The summed E-state index contributed by atoms with van der Waals surface area (Å²) in [5.74, 6) is -1.23. The Labute approximate surface area is 143 Å². The maximum atomic E-state index is 12.6. The van der Waals surface area contributed by atoms with Crippen LogP contribution in [-0.4, -0.2) is 18.9 Å². The fourth-order valence-corrected chi connectivity index (χ4v) is 3.88. The zero-order valence-electron chi connectivity index (χ0n) is 12.9. The van der Waals surface area contributed by atoms with E-state index in [1.54, 1.807) is 0 Å². The highest BCUT2D eigenvalue weighted by atomic mass is 79.9. The van der Waals surface area contributed by atoms with E-state index in [4.69, 9.17) is 4.74 Å². The number of carbonyl (C=O) groups is 2. The Morgan fingerprint density at radius 3 is 2.87 bits per heavy atom. The lowest BCUT2D eigenvalue weighted by Crippen LogP contribution is -2.40. The molecule has 1 N–H and O–H groups in total. The zero-order chi connectivity index (χ0) is 16.6. The molecule has 1 aromatic rings. The van der Waals surface area contributed by atoms with Crippen molar-refractivity contribution in [3.63, 3.8) is 0 Å². The third kappa shape index (κ3) is 2.85. The van der Waals surface area contributed by atoms with Gasteiger partial charge in [-0.2, -0.15) is 0 Å². The van der Waals surface area contributed by atoms with Gasteiger partial charge >= 0.3 is 5.97 Å². The van der Waals surface area contributed by atoms with Crippen molar-refractivity contribution >= 4 is 27.7 Å². The average Bonchev–Trinajstić information content (AvgIpc) is 2.53. The van der Waals surface area contributed by atoms with E-state index in [-0.39, 0.29) is 17.7 Å².